The third-order valence-electron chi connectivity index (χ3n) is 4.56. The molecule has 3 heterocycles. The van der Waals surface area contributed by atoms with Crippen molar-refractivity contribution in [1.82, 2.24) is 9.55 Å². The first-order chi connectivity index (χ1) is 12.6. The molecule has 5 nitrogen and oxygen atoms in total. The standard InChI is InChI=1S/C21H22N4O/c1-15(2)23-20-10-9-16(12-22-20)21(26)25-14-18-7-5-11-24(18)13-17-6-3-4-8-19(17)25/h3-12,15H,13-14H2,1-2H3,(H,22,23). The van der Waals surface area contributed by atoms with E-state index in [4.69, 9.17) is 0 Å². The maximum Gasteiger partial charge on any atom is 0.260 e. The molecular weight excluding hydrogens is 324 g/mol. The maximum atomic E-state index is 13.2. The molecule has 4 rings (SSSR count). The van der Waals surface area contributed by atoms with Gasteiger partial charge in [-0.3, -0.25) is 4.79 Å². The molecular formula is C21H22N4O. The van der Waals surface area contributed by atoms with E-state index in [1.807, 2.05) is 41.3 Å². The second-order valence-corrected chi connectivity index (χ2v) is 6.88. The molecule has 1 amide bonds. The summed E-state index contributed by atoms with van der Waals surface area (Å²) in [6.07, 6.45) is 3.72. The average molecular weight is 346 g/mol. The van der Waals surface area contributed by atoms with Crippen LogP contribution in [0.25, 0.3) is 0 Å². The molecule has 0 fully saturated rings. The van der Waals surface area contributed by atoms with Crippen molar-refractivity contribution in [2.75, 3.05) is 10.2 Å². The van der Waals surface area contributed by atoms with Crippen LogP contribution < -0.4 is 10.2 Å². The molecule has 5 heteroatoms. The highest BCUT2D eigenvalue weighted by molar-refractivity contribution is 6.06. The second-order valence-electron chi connectivity index (χ2n) is 6.88. The Bertz CT molecular complexity index is 927. The quantitative estimate of drug-likeness (QED) is 0.782. The molecule has 0 spiro atoms. The van der Waals surface area contributed by atoms with Gasteiger partial charge < -0.3 is 14.8 Å². The lowest BCUT2D eigenvalue weighted by Crippen LogP contribution is -2.30. The number of rotatable bonds is 3. The van der Waals surface area contributed by atoms with Gasteiger partial charge in [-0.25, -0.2) is 4.98 Å². The number of aromatic nitrogens is 2. The zero-order valence-corrected chi connectivity index (χ0v) is 15.0. The number of amides is 1. The van der Waals surface area contributed by atoms with Gasteiger partial charge in [0.2, 0.25) is 0 Å². The monoisotopic (exact) mass is 346 g/mol. The number of carbonyl (C=O) groups excluding carboxylic acids is 1. The fraction of sp³-hybridized carbons (Fsp3) is 0.238. The molecule has 0 unspecified atom stereocenters. The first-order valence-electron chi connectivity index (χ1n) is 8.88. The van der Waals surface area contributed by atoms with E-state index in [-0.39, 0.29) is 5.91 Å². The van der Waals surface area contributed by atoms with Crippen LogP contribution in [-0.2, 0) is 13.1 Å². The Morgan fingerprint density at radius 1 is 1.08 bits per heavy atom. The number of pyridine rings is 1. The van der Waals surface area contributed by atoms with Crippen molar-refractivity contribution in [1.29, 1.82) is 0 Å². The third-order valence-corrected chi connectivity index (χ3v) is 4.56. The second kappa shape index (κ2) is 6.67. The maximum absolute atomic E-state index is 13.2. The summed E-state index contributed by atoms with van der Waals surface area (Å²) in [6, 6.07) is 16.2. The number of anilines is 2. The fourth-order valence-corrected chi connectivity index (χ4v) is 3.32. The number of carbonyl (C=O) groups is 1. The molecule has 1 aliphatic heterocycles. The van der Waals surface area contributed by atoms with E-state index in [1.54, 1.807) is 6.20 Å². The topological polar surface area (TPSA) is 50.2 Å². The van der Waals surface area contributed by atoms with E-state index in [0.29, 0.717) is 18.2 Å². The van der Waals surface area contributed by atoms with Gasteiger partial charge in [-0.1, -0.05) is 18.2 Å². The van der Waals surface area contributed by atoms with Crippen molar-refractivity contribution in [3.63, 3.8) is 0 Å². The summed E-state index contributed by atoms with van der Waals surface area (Å²) in [5, 5.41) is 3.25. The fourth-order valence-electron chi connectivity index (χ4n) is 3.32. The van der Waals surface area contributed by atoms with Gasteiger partial charge in [-0.15, -0.1) is 0 Å². The minimum atomic E-state index is -0.0318. The predicted octanol–water partition coefficient (Wildman–Crippen LogP) is 3.91. The van der Waals surface area contributed by atoms with Crippen LogP contribution in [0.1, 0.15) is 35.5 Å². The average Bonchev–Trinajstić information content (AvgIpc) is 3.00. The smallest absolute Gasteiger partial charge is 0.260 e. The van der Waals surface area contributed by atoms with Crippen molar-refractivity contribution in [3.05, 3.63) is 77.7 Å². The summed E-state index contributed by atoms with van der Waals surface area (Å²) in [4.78, 5) is 19.5. The van der Waals surface area contributed by atoms with E-state index in [9.17, 15) is 4.79 Å². The number of fused-ring (bicyclic) bond motifs is 2. The number of benzene rings is 1. The summed E-state index contributed by atoms with van der Waals surface area (Å²) < 4.78 is 2.19. The van der Waals surface area contributed by atoms with E-state index in [1.165, 1.54) is 0 Å². The van der Waals surface area contributed by atoms with Crippen molar-refractivity contribution >= 4 is 17.4 Å². The van der Waals surface area contributed by atoms with E-state index >= 15 is 0 Å². The Morgan fingerprint density at radius 2 is 1.92 bits per heavy atom. The molecule has 0 aliphatic carbocycles. The molecule has 0 saturated heterocycles. The lowest BCUT2D eigenvalue weighted by atomic mass is 10.1. The molecule has 1 aromatic carbocycles. The Hall–Kier alpha value is -3.08. The van der Waals surface area contributed by atoms with Gasteiger partial charge >= 0.3 is 0 Å². The Morgan fingerprint density at radius 3 is 2.69 bits per heavy atom. The van der Waals surface area contributed by atoms with Gasteiger partial charge in [-0.2, -0.15) is 0 Å². The van der Waals surface area contributed by atoms with Gasteiger partial charge in [-0.05, 0) is 49.7 Å². The summed E-state index contributed by atoms with van der Waals surface area (Å²) in [5.41, 5.74) is 3.82. The molecule has 0 radical (unpaired) electrons. The molecule has 1 N–H and O–H groups in total. The van der Waals surface area contributed by atoms with Crippen LogP contribution >= 0.6 is 0 Å². The largest absolute Gasteiger partial charge is 0.368 e. The van der Waals surface area contributed by atoms with Crippen LogP contribution in [0.3, 0.4) is 0 Å². The van der Waals surface area contributed by atoms with Crippen LogP contribution in [0.15, 0.2) is 60.9 Å². The SMILES string of the molecule is CC(C)Nc1ccc(C(=O)N2Cc3cccn3Cc3ccccc32)cn1. The number of nitrogens with one attached hydrogen (secondary N) is 1. The van der Waals surface area contributed by atoms with Gasteiger partial charge in [0.15, 0.2) is 0 Å². The molecule has 3 aromatic rings. The zero-order chi connectivity index (χ0) is 18.1. The highest BCUT2D eigenvalue weighted by Crippen LogP contribution is 2.29. The summed E-state index contributed by atoms with van der Waals surface area (Å²) >= 11 is 0. The highest BCUT2D eigenvalue weighted by Gasteiger charge is 2.24. The van der Waals surface area contributed by atoms with Gasteiger partial charge in [0.05, 0.1) is 12.1 Å². The zero-order valence-electron chi connectivity index (χ0n) is 15.0. The van der Waals surface area contributed by atoms with Crippen LogP contribution in [0.5, 0.6) is 0 Å². The normalized spacial score (nSPS) is 13.1. The molecule has 132 valence electrons. The van der Waals surface area contributed by atoms with Gasteiger partial charge in [0.25, 0.3) is 5.91 Å². The lowest BCUT2D eigenvalue weighted by molar-refractivity contribution is 0.0984. The molecule has 0 saturated carbocycles. The Kier molecular flexibility index (Phi) is 4.21. The number of nitrogens with zero attached hydrogens (tertiary/aromatic N) is 3. The molecule has 26 heavy (non-hydrogen) atoms. The summed E-state index contributed by atoms with van der Waals surface area (Å²) in [7, 11) is 0. The summed E-state index contributed by atoms with van der Waals surface area (Å²) in [5.74, 6) is 0.748. The van der Waals surface area contributed by atoms with Crippen molar-refractivity contribution in [2.45, 2.75) is 33.0 Å². The van der Waals surface area contributed by atoms with Crippen LogP contribution in [0.4, 0.5) is 11.5 Å². The predicted molar refractivity (Wildman–Crippen MR) is 103 cm³/mol. The minimum absolute atomic E-state index is 0.0318. The summed E-state index contributed by atoms with van der Waals surface area (Å²) in [6.45, 7) is 5.45. The van der Waals surface area contributed by atoms with Crippen molar-refractivity contribution < 1.29 is 4.79 Å². The number of hydrogen-bond acceptors (Lipinski definition) is 3. The highest BCUT2D eigenvalue weighted by atomic mass is 16.2. The first-order valence-corrected chi connectivity index (χ1v) is 8.88. The molecule has 0 bridgehead atoms. The van der Waals surface area contributed by atoms with Gasteiger partial charge in [0.1, 0.15) is 5.82 Å². The molecule has 2 aromatic heterocycles. The van der Waals surface area contributed by atoms with Crippen molar-refractivity contribution in [3.8, 4) is 0 Å². The van der Waals surface area contributed by atoms with E-state index in [2.05, 4.69) is 47.0 Å². The Balaban J connectivity index is 1.68. The lowest BCUT2D eigenvalue weighted by Gasteiger charge is -2.22. The number of para-hydroxylation sites is 1. The number of hydrogen-bond donors (Lipinski definition) is 1. The van der Waals surface area contributed by atoms with Crippen molar-refractivity contribution in [2.24, 2.45) is 0 Å². The van der Waals surface area contributed by atoms with E-state index < -0.39 is 0 Å². The van der Waals surface area contributed by atoms with Crippen LogP contribution in [0, 0.1) is 0 Å². The Labute approximate surface area is 153 Å². The first kappa shape index (κ1) is 16.4. The minimum Gasteiger partial charge on any atom is -0.368 e. The van der Waals surface area contributed by atoms with Crippen LogP contribution in [0.2, 0.25) is 0 Å². The molecule has 0 atom stereocenters. The van der Waals surface area contributed by atoms with Gasteiger partial charge in [0, 0.05) is 36.4 Å². The van der Waals surface area contributed by atoms with Crippen LogP contribution in [-0.4, -0.2) is 21.5 Å². The van der Waals surface area contributed by atoms with E-state index in [0.717, 1.165) is 29.3 Å². The third kappa shape index (κ3) is 3.08. The molecule has 1 aliphatic rings.